The van der Waals surface area contributed by atoms with Crippen molar-refractivity contribution in [3.63, 3.8) is 0 Å². The molecule has 4 rings (SSSR count). The Labute approximate surface area is 191 Å². The van der Waals surface area contributed by atoms with Gasteiger partial charge in [0.2, 0.25) is 0 Å². The van der Waals surface area contributed by atoms with Gasteiger partial charge in [-0.1, -0.05) is 24.1 Å². The standard InChI is InChI=1S/C21H17N5O4S2/c27-17(7-6-14-4-2-1-3-5-14)25-10-8-15(9-11-25)20-23-16(13-31-20)19(28)24-21-22-12-18(32-21)26(29)30/h1-5,12-13,15H,8-11H2,(H,22,24,28). The molecule has 0 spiro atoms. The van der Waals surface area contributed by atoms with E-state index in [0.717, 1.165) is 40.9 Å². The first-order chi connectivity index (χ1) is 15.5. The lowest BCUT2D eigenvalue weighted by Crippen LogP contribution is -2.37. The minimum Gasteiger partial charge on any atom is -0.332 e. The topological polar surface area (TPSA) is 118 Å². The van der Waals surface area contributed by atoms with Crippen molar-refractivity contribution < 1.29 is 14.5 Å². The normalized spacial score (nSPS) is 13.8. The summed E-state index contributed by atoms with van der Waals surface area (Å²) in [6, 6.07) is 9.38. The number of carbonyl (C=O) groups is 2. The monoisotopic (exact) mass is 467 g/mol. The zero-order valence-electron chi connectivity index (χ0n) is 16.7. The second-order valence-corrected chi connectivity index (χ2v) is 8.87. The number of nitrogens with one attached hydrogen (secondary N) is 1. The fraction of sp³-hybridized carbons (Fsp3) is 0.238. The Morgan fingerprint density at radius 3 is 2.66 bits per heavy atom. The third-order valence-corrected chi connectivity index (χ3v) is 6.74. The fourth-order valence-electron chi connectivity index (χ4n) is 3.20. The van der Waals surface area contributed by atoms with Gasteiger partial charge in [0.05, 0.1) is 9.93 Å². The molecular formula is C21H17N5O4S2. The third-order valence-electron chi connectivity index (χ3n) is 4.87. The molecule has 0 unspecified atom stereocenters. The van der Waals surface area contributed by atoms with Crippen LogP contribution in [0.15, 0.2) is 41.9 Å². The highest BCUT2D eigenvalue weighted by Crippen LogP contribution is 2.31. The van der Waals surface area contributed by atoms with Crippen LogP contribution >= 0.6 is 22.7 Å². The van der Waals surface area contributed by atoms with Gasteiger partial charge in [-0.3, -0.25) is 25.0 Å². The van der Waals surface area contributed by atoms with Crippen LogP contribution in [-0.4, -0.2) is 44.7 Å². The molecular weight excluding hydrogens is 450 g/mol. The van der Waals surface area contributed by atoms with Crippen molar-refractivity contribution in [1.29, 1.82) is 0 Å². The molecule has 9 nitrogen and oxygen atoms in total. The van der Waals surface area contributed by atoms with E-state index < -0.39 is 10.8 Å². The molecule has 1 aliphatic rings. The predicted molar refractivity (Wildman–Crippen MR) is 121 cm³/mol. The maximum Gasteiger partial charge on any atom is 0.345 e. The van der Waals surface area contributed by atoms with Gasteiger partial charge in [0.25, 0.3) is 11.8 Å². The number of rotatable bonds is 4. The molecule has 2 aromatic heterocycles. The van der Waals surface area contributed by atoms with E-state index in [0.29, 0.717) is 13.1 Å². The molecule has 0 atom stereocenters. The molecule has 1 fully saturated rings. The number of nitrogens with zero attached hydrogens (tertiary/aromatic N) is 4. The largest absolute Gasteiger partial charge is 0.345 e. The molecule has 32 heavy (non-hydrogen) atoms. The number of hydrogen-bond acceptors (Lipinski definition) is 8. The number of hydrogen-bond donors (Lipinski definition) is 1. The Bertz CT molecular complexity index is 1200. The van der Waals surface area contributed by atoms with Crippen molar-refractivity contribution in [1.82, 2.24) is 14.9 Å². The molecule has 0 aliphatic carbocycles. The molecule has 0 radical (unpaired) electrons. The highest BCUT2D eigenvalue weighted by atomic mass is 32.1. The number of thiazole rings is 2. The Kier molecular flexibility index (Phi) is 6.53. The van der Waals surface area contributed by atoms with Crippen LogP contribution in [0.1, 0.15) is 39.8 Å². The summed E-state index contributed by atoms with van der Waals surface area (Å²) < 4.78 is 0. The minimum atomic E-state index is -0.557. The Morgan fingerprint density at radius 2 is 1.97 bits per heavy atom. The number of likely N-dealkylation sites (tertiary alicyclic amines) is 1. The van der Waals surface area contributed by atoms with Crippen LogP contribution in [-0.2, 0) is 4.79 Å². The smallest absolute Gasteiger partial charge is 0.332 e. The van der Waals surface area contributed by atoms with Crippen LogP contribution in [0.25, 0.3) is 0 Å². The number of nitro groups is 1. The van der Waals surface area contributed by atoms with E-state index in [9.17, 15) is 19.7 Å². The van der Waals surface area contributed by atoms with Gasteiger partial charge in [-0.2, -0.15) is 0 Å². The average Bonchev–Trinajstić information content (AvgIpc) is 3.48. The summed E-state index contributed by atoms with van der Waals surface area (Å²) in [5.74, 6) is 5.10. The average molecular weight is 468 g/mol. The number of carbonyl (C=O) groups excluding carboxylic acids is 2. The number of benzene rings is 1. The van der Waals surface area contributed by atoms with E-state index in [2.05, 4.69) is 27.1 Å². The highest BCUT2D eigenvalue weighted by Gasteiger charge is 2.26. The van der Waals surface area contributed by atoms with Crippen LogP contribution in [0.4, 0.5) is 10.1 Å². The van der Waals surface area contributed by atoms with Gasteiger partial charge in [0, 0.05) is 35.9 Å². The third kappa shape index (κ3) is 5.16. The van der Waals surface area contributed by atoms with Crippen molar-refractivity contribution in [3.8, 4) is 11.8 Å². The number of piperidine rings is 1. The molecule has 1 aliphatic heterocycles. The molecule has 3 heterocycles. The number of anilines is 1. The van der Waals surface area contributed by atoms with Crippen LogP contribution in [0.2, 0.25) is 0 Å². The van der Waals surface area contributed by atoms with Crippen molar-refractivity contribution >= 4 is 44.6 Å². The number of aromatic nitrogens is 2. The van der Waals surface area contributed by atoms with Crippen molar-refractivity contribution in [2.45, 2.75) is 18.8 Å². The first-order valence-electron chi connectivity index (χ1n) is 9.72. The molecule has 2 amide bonds. The fourth-order valence-corrected chi connectivity index (χ4v) is 4.80. The van der Waals surface area contributed by atoms with Crippen molar-refractivity contribution in [2.75, 3.05) is 18.4 Å². The summed E-state index contributed by atoms with van der Waals surface area (Å²) in [6.45, 7) is 1.16. The predicted octanol–water partition coefficient (Wildman–Crippen LogP) is 3.52. The van der Waals surface area contributed by atoms with Crippen molar-refractivity contribution in [2.24, 2.45) is 0 Å². The number of amides is 2. The van der Waals surface area contributed by atoms with E-state index in [4.69, 9.17) is 0 Å². The molecule has 1 aromatic carbocycles. The second-order valence-electron chi connectivity index (χ2n) is 6.97. The summed E-state index contributed by atoms with van der Waals surface area (Å²) in [4.78, 5) is 44.9. The second kappa shape index (κ2) is 9.67. The molecule has 0 saturated carbocycles. The van der Waals surface area contributed by atoms with E-state index >= 15 is 0 Å². The van der Waals surface area contributed by atoms with E-state index in [1.54, 1.807) is 10.3 Å². The maximum absolute atomic E-state index is 12.4. The maximum atomic E-state index is 12.4. The zero-order chi connectivity index (χ0) is 22.5. The first-order valence-corrected chi connectivity index (χ1v) is 11.4. The summed E-state index contributed by atoms with van der Waals surface area (Å²) >= 11 is 2.18. The zero-order valence-corrected chi connectivity index (χ0v) is 18.3. The molecule has 162 valence electrons. The van der Waals surface area contributed by atoms with Crippen LogP contribution < -0.4 is 5.32 Å². The summed E-state index contributed by atoms with van der Waals surface area (Å²) in [6.07, 6.45) is 2.59. The molecule has 11 heteroatoms. The summed E-state index contributed by atoms with van der Waals surface area (Å²) in [7, 11) is 0. The first kappa shape index (κ1) is 21.6. The van der Waals surface area contributed by atoms with Crippen LogP contribution in [0.3, 0.4) is 0 Å². The lowest BCUT2D eigenvalue weighted by atomic mass is 9.97. The van der Waals surface area contributed by atoms with E-state index in [1.807, 2.05) is 30.3 Å². The molecule has 0 bridgehead atoms. The SMILES string of the molecule is O=C(Nc1ncc([N+](=O)[O-])s1)c1csc(C2CCN(C(=O)C#Cc3ccccc3)CC2)n1. The van der Waals surface area contributed by atoms with Crippen molar-refractivity contribution in [3.05, 3.63) is 68.3 Å². The Morgan fingerprint density at radius 1 is 1.22 bits per heavy atom. The lowest BCUT2D eigenvalue weighted by molar-refractivity contribution is -0.380. The molecule has 1 N–H and O–H groups in total. The van der Waals surface area contributed by atoms with E-state index in [-0.39, 0.29) is 27.7 Å². The Hall–Kier alpha value is -3.62. The summed E-state index contributed by atoms with van der Waals surface area (Å²) in [5.41, 5.74) is 1.05. The van der Waals surface area contributed by atoms with Gasteiger partial charge in [-0.05, 0) is 36.3 Å². The minimum absolute atomic E-state index is 0.144. The van der Waals surface area contributed by atoms with Gasteiger partial charge >= 0.3 is 5.00 Å². The van der Waals surface area contributed by atoms with Gasteiger partial charge in [0.1, 0.15) is 11.9 Å². The Balaban J connectivity index is 1.31. The molecule has 3 aromatic rings. The quantitative estimate of drug-likeness (QED) is 0.356. The van der Waals surface area contributed by atoms with E-state index in [1.165, 1.54) is 11.3 Å². The van der Waals surface area contributed by atoms with Crippen LogP contribution in [0.5, 0.6) is 0 Å². The summed E-state index contributed by atoms with van der Waals surface area (Å²) in [5, 5.41) is 15.8. The van der Waals surface area contributed by atoms with Gasteiger partial charge in [-0.15, -0.1) is 11.3 Å². The van der Waals surface area contributed by atoms with Gasteiger partial charge in [-0.25, -0.2) is 9.97 Å². The van der Waals surface area contributed by atoms with Gasteiger partial charge < -0.3 is 4.90 Å². The molecule has 1 saturated heterocycles. The van der Waals surface area contributed by atoms with Gasteiger partial charge in [0.15, 0.2) is 5.13 Å². The highest BCUT2D eigenvalue weighted by molar-refractivity contribution is 7.18. The van der Waals surface area contributed by atoms with Crippen LogP contribution in [0, 0.1) is 22.0 Å². The lowest BCUT2D eigenvalue weighted by Gasteiger charge is -2.29.